The van der Waals surface area contributed by atoms with Crippen LogP contribution in [0.1, 0.15) is 29.6 Å². The van der Waals surface area contributed by atoms with Gasteiger partial charge in [0.05, 0.1) is 11.7 Å². The summed E-state index contributed by atoms with van der Waals surface area (Å²) in [6.45, 7) is -2.53. The number of hydrogen-bond acceptors (Lipinski definition) is 3. The lowest BCUT2D eigenvalue weighted by molar-refractivity contribution is -0.0501. The highest BCUT2D eigenvalue weighted by atomic mass is 19.3. The zero-order valence-corrected chi connectivity index (χ0v) is 10.9. The van der Waals surface area contributed by atoms with E-state index in [-0.39, 0.29) is 23.3 Å². The lowest BCUT2D eigenvalue weighted by Gasteiger charge is -2.13. The van der Waals surface area contributed by atoms with Crippen LogP contribution in [0.2, 0.25) is 0 Å². The summed E-state index contributed by atoms with van der Waals surface area (Å²) >= 11 is 0. The molecule has 1 fully saturated rings. The average molecular weight is 285 g/mol. The third kappa shape index (κ3) is 3.90. The number of aliphatic hydroxyl groups is 1. The number of alkyl halides is 2. The molecule has 0 heterocycles. The van der Waals surface area contributed by atoms with Crippen molar-refractivity contribution in [3.63, 3.8) is 0 Å². The molecule has 1 aliphatic carbocycles. The molecule has 2 unspecified atom stereocenters. The third-order valence-electron chi connectivity index (χ3n) is 3.41. The summed E-state index contributed by atoms with van der Waals surface area (Å²) < 4.78 is 28.8. The molecule has 20 heavy (non-hydrogen) atoms. The maximum atomic E-state index is 12.3. The summed E-state index contributed by atoms with van der Waals surface area (Å²) in [6.07, 6.45) is 1.96. The first-order chi connectivity index (χ1) is 9.56. The molecule has 0 spiro atoms. The fourth-order valence-electron chi connectivity index (χ4n) is 2.42. The van der Waals surface area contributed by atoms with Crippen LogP contribution in [-0.2, 0) is 0 Å². The number of aliphatic hydroxyl groups excluding tert-OH is 1. The van der Waals surface area contributed by atoms with Crippen molar-refractivity contribution < 1.29 is 23.4 Å². The number of hydrogen-bond donors (Lipinski definition) is 2. The van der Waals surface area contributed by atoms with E-state index in [4.69, 9.17) is 0 Å². The van der Waals surface area contributed by atoms with Crippen LogP contribution >= 0.6 is 0 Å². The number of rotatable bonds is 5. The fraction of sp³-hybridized carbons (Fsp3) is 0.500. The van der Waals surface area contributed by atoms with Crippen LogP contribution in [0, 0.1) is 5.92 Å². The van der Waals surface area contributed by atoms with Crippen molar-refractivity contribution >= 4 is 5.91 Å². The Kier molecular flexibility index (Phi) is 4.89. The fourth-order valence-corrected chi connectivity index (χ4v) is 2.42. The van der Waals surface area contributed by atoms with Gasteiger partial charge in [-0.05, 0) is 37.3 Å². The van der Waals surface area contributed by atoms with Gasteiger partial charge in [-0.25, -0.2) is 0 Å². The van der Waals surface area contributed by atoms with Gasteiger partial charge in [0.25, 0.3) is 5.91 Å². The van der Waals surface area contributed by atoms with Crippen molar-refractivity contribution in [3.05, 3.63) is 29.8 Å². The molecule has 0 bridgehead atoms. The highest BCUT2D eigenvalue weighted by Crippen LogP contribution is 2.25. The largest absolute Gasteiger partial charge is 0.434 e. The van der Waals surface area contributed by atoms with Gasteiger partial charge in [0, 0.05) is 6.54 Å². The Morgan fingerprint density at radius 1 is 1.40 bits per heavy atom. The van der Waals surface area contributed by atoms with Crippen molar-refractivity contribution in [2.45, 2.75) is 32.0 Å². The molecular formula is C14H17F2NO3. The van der Waals surface area contributed by atoms with Gasteiger partial charge in [-0.15, -0.1) is 0 Å². The van der Waals surface area contributed by atoms with Crippen LogP contribution in [0.5, 0.6) is 5.75 Å². The number of ether oxygens (including phenoxy) is 1. The van der Waals surface area contributed by atoms with Gasteiger partial charge >= 0.3 is 6.61 Å². The first-order valence-corrected chi connectivity index (χ1v) is 6.56. The van der Waals surface area contributed by atoms with Gasteiger partial charge in [-0.2, -0.15) is 8.78 Å². The topological polar surface area (TPSA) is 58.6 Å². The van der Waals surface area contributed by atoms with Crippen molar-refractivity contribution in [2.24, 2.45) is 5.92 Å². The standard InChI is InChI=1S/C14H17F2NO3/c15-14(16)20-12-4-2-1-3-11(12)13(19)17-8-9-5-6-10(18)7-9/h1-4,9-10,14,18H,5-8H2,(H,17,19). The minimum absolute atomic E-state index is 0.0892. The molecule has 0 saturated heterocycles. The Bertz CT molecular complexity index is 467. The van der Waals surface area contributed by atoms with Crippen molar-refractivity contribution in [3.8, 4) is 5.75 Å². The van der Waals surface area contributed by atoms with Crippen LogP contribution in [0.25, 0.3) is 0 Å². The predicted molar refractivity (Wildman–Crippen MR) is 68.8 cm³/mol. The molecule has 2 rings (SSSR count). The number of nitrogens with one attached hydrogen (secondary N) is 1. The summed E-state index contributed by atoms with van der Waals surface area (Å²) in [7, 11) is 0. The number of para-hydroxylation sites is 1. The number of halogens is 2. The SMILES string of the molecule is O=C(NCC1CCC(O)C1)c1ccccc1OC(F)F. The second kappa shape index (κ2) is 6.65. The summed E-state index contributed by atoms with van der Waals surface area (Å²) in [4.78, 5) is 12.0. The van der Waals surface area contributed by atoms with E-state index in [1.807, 2.05) is 0 Å². The molecule has 1 aliphatic rings. The molecule has 0 radical (unpaired) electrons. The van der Waals surface area contributed by atoms with Gasteiger partial charge in [0.2, 0.25) is 0 Å². The van der Waals surface area contributed by atoms with Crippen molar-refractivity contribution in [1.82, 2.24) is 5.32 Å². The summed E-state index contributed by atoms with van der Waals surface area (Å²) in [6, 6.07) is 5.89. The quantitative estimate of drug-likeness (QED) is 0.871. The maximum absolute atomic E-state index is 12.3. The second-order valence-electron chi connectivity index (χ2n) is 4.92. The molecule has 1 aromatic rings. The zero-order valence-electron chi connectivity index (χ0n) is 10.9. The summed E-state index contributed by atoms with van der Waals surface area (Å²) in [5.74, 6) is -0.341. The van der Waals surface area contributed by atoms with E-state index < -0.39 is 12.5 Å². The first kappa shape index (κ1) is 14.7. The first-order valence-electron chi connectivity index (χ1n) is 6.56. The summed E-state index contributed by atoms with van der Waals surface area (Å²) in [5.41, 5.74) is 0.0892. The van der Waals surface area contributed by atoms with Gasteiger partial charge in [-0.3, -0.25) is 4.79 Å². The molecule has 110 valence electrons. The van der Waals surface area contributed by atoms with Gasteiger partial charge in [-0.1, -0.05) is 12.1 Å². The zero-order chi connectivity index (χ0) is 14.5. The number of amides is 1. The number of carbonyl (C=O) groups is 1. The highest BCUT2D eigenvalue weighted by molar-refractivity contribution is 5.96. The minimum atomic E-state index is -2.96. The van der Waals surface area contributed by atoms with Gasteiger partial charge in [0.1, 0.15) is 5.75 Å². The van der Waals surface area contributed by atoms with Gasteiger partial charge < -0.3 is 15.2 Å². The molecule has 0 aromatic heterocycles. The smallest absolute Gasteiger partial charge is 0.387 e. The Hall–Kier alpha value is -1.69. The van der Waals surface area contributed by atoms with Gasteiger partial charge in [0.15, 0.2) is 0 Å². The Balaban J connectivity index is 1.95. The normalized spacial score (nSPS) is 22.0. The lowest BCUT2D eigenvalue weighted by atomic mass is 10.1. The van der Waals surface area contributed by atoms with Crippen molar-refractivity contribution in [1.29, 1.82) is 0 Å². The molecule has 2 atom stereocenters. The third-order valence-corrected chi connectivity index (χ3v) is 3.41. The van der Waals surface area contributed by atoms with E-state index in [0.29, 0.717) is 13.0 Å². The van der Waals surface area contributed by atoms with E-state index in [0.717, 1.165) is 12.8 Å². The van der Waals surface area contributed by atoms with E-state index >= 15 is 0 Å². The molecule has 0 aliphatic heterocycles. The van der Waals surface area contributed by atoms with Crippen LogP contribution in [0.3, 0.4) is 0 Å². The lowest BCUT2D eigenvalue weighted by Crippen LogP contribution is -2.29. The molecule has 6 heteroatoms. The molecular weight excluding hydrogens is 268 g/mol. The van der Waals surface area contributed by atoms with Crippen LogP contribution in [0.15, 0.2) is 24.3 Å². The summed E-state index contributed by atoms with van der Waals surface area (Å²) in [5, 5.41) is 12.1. The number of benzene rings is 1. The second-order valence-corrected chi connectivity index (χ2v) is 4.92. The maximum Gasteiger partial charge on any atom is 0.387 e. The monoisotopic (exact) mass is 285 g/mol. The number of carbonyl (C=O) groups excluding carboxylic acids is 1. The molecule has 1 saturated carbocycles. The molecule has 1 aromatic carbocycles. The molecule has 1 amide bonds. The average Bonchev–Trinajstić information content (AvgIpc) is 2.82. The predicted octanol–water partition coefficient (Wildman–Crippen LogP) is 2.18. The van der Waals surface area contributed by atoms with Crippen molar-refractivity contribution in [2.75, 3.05) is 6.54 Å². The Labute approximate surface area is 115 Å². The van der Waals surface area contributed by atoms with E-state index in [1.165, 1.54) is 18.2 Å². The Morgan fingerprint density at radius 3 is 2.80 bits per heavy atom. The van der Waals surface area contributed by atoms with E-state index in [1.54, 1.807) is 6.07 Å². The minimum Gasteiger partial charge on any atom is -0.434 e. The van der Waals surface area contributed by atoms with Crippen LogP contribution < -0.4 is 10.1 Å². The van der Waals surface area contributed by atoms with Crippen LogP contribution in [0.4, 0.5) is 8.78 Å². The van der Waals surface area contributed by atoms with Crippen LogP contribution in [-0.4, -0.2) is 30.3 Å². The van der Waals surface area contributed by atoms with E-state index in [9.17, 15) is 18.7 Å². The highest BCUT2D eigenvalue weighted by Gasteiger charge is 2.23. The van der Waals surface area contributed by atoms with E-state index in [2.05, 4.69) is 10.1 Å². The molecule has 4 nitrogen and oxygen atoms in total. The Morgan fingerprint density at radius 2 is 2.15 bits per heavy atom. The molecule has 2 N–H and O–H groups in total.